The Kier molecular flexibility index (Phi) is 3.10. The maximum atomic E-state index is 10.1. The number of aliphatic imine (C=N–C) groups is 1. The molecule has 0 aliphatic heterocycles. The molecular formula is C8H8N2O3. The summed E-state index contributed by atoms with van der Waals surface area (Å²) in [6.07, 6.45) is 1.04. The molecule has 0 saturated heterocycles. The van der Waals surface area contributed by atoms with Gasteiger partial charge in [-0.3, -0.25) is 4.98 Å². The highest BCUT2D eigenvalue weighted by molar-refractivity contribution is 5.80. The summed E-state index contributed by atoms with van der Waals surface area (Å²) in [5.41, 5.74) is 0.503. The van der Waals surface area contributed by atoms with Gasteiger partial charge in [0, 0.05) is 6.20 Å². The van der Waals surface area contributed by atoms with Crippen LogP contribution in [0.5, 0.6) is 0 Å². The first-order valence-corrected chi connectivity index (χ1v) is 3.55. The minimum absolute atomic E-state index is 0.503. The first-order valence-electron chi connectivity index (χ1n) is 3.55. The number of carboxylic acid groups (broad SMARTS) is 1. The van der Waals surface area contributed by atoms with E-state index in [1.54, 1.807) is 24.4 Å². The summed E-state index contributed by atoms with van der Waals surface area (Å²) in [7, 11) is 0. The van der Waals surface area contributed by atoms with Crippen molar-refractivity contribution in [3.8, 4) is 0 Å². The Morgan fingerprint density at radius 2 is 2.38 bits per heavy atom. The Labute approximate surface area is 74.4 Å². The van der Waals surface area contributed by atoms with Crippen LogP contribution in [-0.2, 0) is 4.79 Å². The Hall–Kier alpha value is -1.75. The molecule has 0 bridgehead atoms. The van der Waals surface area contributed by atoms with Gasteiger partial charge in [-0.05, 0) is 12.1 Å². The molecule has 5 nitrogen and oxygen atoms in total. The smallest absolute Gasteiger partial charge is 0.355 e. The number of aliphatic hydroxyl groups is 1. The average molecular weight is 180 g/mol. The van der Waals surface area contributed by atoms with Gasteiger partial charge in [0.25, 0.3) is 0 Å². The summed E-state index contributed by atoms with van der Waals surface area (Å²) >= 11 is 0. The van der Waals surface area contributed by atoms with E-state index in [1.165, 1.54) is 6.21 Å². The number of carbonyl (C=O) groups is 1. The molecule has 0 aromatic carbocycles. The fourth-order valence-corrected chi connectivity index (χ4v) is 0.663. The molecule has 1 unspecified atom stereocenters. The molecule has 1 rings (SSSR count). The number of aromatic nitrogens is 1. The van der Waals surface area contributed by atoms with E-state index in [1.807, 2.05) is 0 Å². The summed E-state index contributed by atoms with van der Waals surface area (Å²) in [5, 5.41) is 17.0. The third kappa shape index (κ3) is 3.00. The Balaban J connectivity index is 2.64. The fourth-order valence-electron chi connectivity index (χ4n) is 0.663. The number of nitrogens with zero attached hydrogens (tertiary/aromatic N) is 2. The van der Waals surface area contributed by atoms with E-state index in [0.29, 0.717) is 5.69 Å². The molecule has 0 fully saturated rings. The highest BCUT2D eigenvalue weighted by Crippen LogP contribution is 1.90. The number of rotatable bonds is 3. The zero-order valence-electron chi connectivity index (χ0n) is 6.66. The van der Waals surface area contributed by atoms with Crippen molar-refractivity contribution < 1.29 is 15.0 Å². The quantitative estimate of drug-likeness (QED) is 0.636. The number of hydrogen-bond acceptors (Lipinski definition) is 4. The van der Waals surface area contributed by atoms with Crippen LogP contribution < -0.4 is 0 Å². The second-order valence-electron chi connectivity index (χ2n) is 2.24. The largest absolute Gasteiger partial charge is 0.478 e. The molecule has 0 saturated carbocycles. The van der Waals surface area contributed by atoms with E-state index in [0.717, 1.165) is 0 Å². The van der Waals surface area contributed by atoms with Gasteiger partial charge in [-0.1, -0.05) is 6.07 Å². The lowest BCUT2D eigenvalue weighted by Gasteiger charge is -1.96. The third-order valence-electron chi connectivity index (χ3n) is 1.26. The van der Waals surface area contributed by atoms with E-state index in [2.05, 4.69) is 9.98 Å². The predicted octanol–water partition coefficient (Wildman–Crippen LogP) is -0.0965. The second kappa shape index (κ2) is 4.32. The molecule has 0 amide bonds. The van der Waals surface area contributed by atoms with Crippen molar-refractivity contribution in [2.75, 3.05) is 0 Å². The van der Waals surface area contributed by atoms with Gasteiger partial charge in [-0.15, -0.1) is 0 Å². The molecule has 1 aromatic heterocycles. The number of pyridine rings is 1. The number of aliphatic hydroxyl groups excluding tert-OH is 1. The number of hydrogen-bond donors (Lipinski definition) is 2. The molecule has 0 spiro atoms. The summed E-state index contributed by atoms with van der Waals surface area (Å²) in [6, 6.07) is 5.12. The standard InChI is InChI=1S/C8H8N2O3/c11-7(8(12)13)10-5-6-3-1-2-4-9-6/h1-5,7,11H,(H,12,13). The van der Waals surface area contributed by atoms with Crippen LogP contribution in [0.1, 0.15) is 5.69 Å². The zero-order valence-corrected chi connectivity index (χ0v) is 6.66. The van der Waals surface area contributed by atoms with Crippen molar-refractivity contribution >= 4 is 12.2 Å². The van der Waals surface area contributed by atoms with E-state index in [4.69, 9.17) is 10.2 Å². The van der Waals surface area contributed by atoms with Crippen LogP contribution in [0.2, 0.25) is 0 Å². The van der Waals surface area contributed by atoms with Crippen molar-refractivity contribution in [2.45, 2.75) is 6.23 Å². The highest BCUT2D eigenvalue weighted by Gasteiger charge is 2.08. The molecular weight excluding hydrogens is 172 g/mol. The van der Waals surface area contributed by atoms with E-state index in [-0.39, 0.29) is 0 Å². The lowest BCUT2D eigenvalue weighted by molar-refractivity contribution is -0.146. The van der Waals surface area contributed by atoms with Gasteiger partial charge in [-0.2, -0.15) is 0 Å². The fraction of sp³-hybridized carbons (Fsp3) is 0.125. The average Bonchev–Trinajstić information content (AvgIpc) is 2.15. The van der Waals surface area contributed by atoms with Gasteiger partial charge < -0.3 is 10.2 Å². The van der Waals surface area contributed by atoms with Crippen molar-refractivity contribution in [2.24, 2.45) is 4.99 Å². The lowest BCUT2D eigenvalue weighted by atomic mass is 10.4. The van der Waals surface area contributed by atoms with E-state index in [9.17, 15) is 4.79 Å². The van der Waals surface area contributed by atoms with Crippen molar-refractivity contribution in [1.29, 1.82) is 0 Å². The molecule has 2 N–H and O–H groups in total. The number of aliphatic carboxylic acids is 1. The first-order chi connectivity index (χ1) is 6.20. The van der Waals surface area contributed by atoms with Crippen LogP contribution in [0.3, 0.4) is 0 Å². The maximum Gasteiger partial charge on any atom is 0.355 e. The molecule has 0 radical (unpaired) electrons. The van der Waals surface area contributed by atoms with Gasteiger partial charge in [-0.25, -0.2) is 9.79 Å². The Bertz CT molecular complexity index is 310. The van der Waals surface area contributed by atoms with Crippen molar-refractivity contribution in [3.63, 3.8) is 0 Å². The SMILES string of the molecule is O=C(O)C(O)N=Cc1ccccn1. The summed E-state index contributed by atoms with van der Waals surface area (Å²) in [4.78, 5) is 17.4. The minimum Gasteiger partial charge on any atom is -0.478 e. The molecule has 68 valence electrons. The molecule has 1 atom stereocenters. The van der Waals surface area contributed by atoms with Gasteiger partial charge in [0.2, 0.25) is 6.23 Å². The summed E-state index contributed by atoms with van der Waals surface area (Å²) in [5.74, 6) is -1.38. The third-order valence-corrected chi connectivity index (χ3v) is 1.26. The van der Waals surface area contributed by atoms with Crippen LogP contribution >= 0.6 is 0 Å². The van der Waals surface area contributed by atoms with E-state index < -0.39 is 12.2 Å². The van der Waals surface area contributed by atoms with Gasteiger partial charge in [0.15, 0.2) is 0 Å². The van der Waals surface area contributed by atoms with Gasteiger partial charge in [0.1, 0.15) is 0 Å². The topological polar surface area (TPSA) is 82.8 Å². The molecule has 13 heavy (non-hydrogen) atoms. The van der Waals surface area contributed by atoms with Crippen LogP contribution in [-0.4, -0.2) is 33.6 Å². The first kappa shape index (κ1) is 9.34. The van der Waals surface area contributed by atoms with Crippen molar-refractivity contribution in [3.05, 3.63) is 30.1 Å². The summed E-state index contributed by atoms with van der Waals surface area (Å²) < 4.78 is 0. The number of carboxylic acids is 1. The molecule has 1 heterocycles. The molecule has 1 aromatic rings. The monoisotopic (exact) mass is 180 g/mol. The van der Waals surface area contributed by atoms with Gasteiger partial charge >= 0.3 is 5.97 Å². The molecule has 0 aliphatic rings. The molecule has 5 heteroatoms. The Morgan fingerprint density at radius 3 is 2.92 bits per heavy atom. The second-order valence-corrected chi connectivity index (χ2v) is 2.24. The normalized spacial score (nSPS) is 13.0. The summed E-state index contributed by atoms with van der Waals surface area (Å²) in [6.45, 7) is 0. The van der Waals surface area contributed by atoms with Crippen LogP contribution in [0.4, 0.5) is 0 Å². The van der Waals surface area contributed by atoms with Crippen LogP contribution in [0.15, 0.2) is 29.4 Å². The van der Waals surface area contributed by atoms with Crippen molar-refractivity contribution in [1.82, 2.24) is 4.98 Å². The predicted molar refractivity (Wildman–Crippen MR) is 45.5 cm³/mol. The Morgan fingerprint density at radius 1 is 1.62 bits per heavy atom. The lowest BCUT2D eigenvalue weighted by Crippen LogP contribution is -2.16. The van der Waals surface area contributed by atoms with Gasteiger partial charge in [0.05, 0.1) is 11.9 Å². The molecule has 0 aliphatic carbocycles. The van der Waals surface area contributed by atoms with E-state index >= 15 is 0 Å². The highest BCUT2D eigenvalue weighted by atomic mass is 16.4. The minimum atomic E-state index is -1.72. The van der Waals surface area contributed by atoms with Crippen LogP contribution in [0.25, 0.3) is 0 Å². The van der Waals surface area contributed by atoms with Crippen LogP contribution in [0, 0.1) is 0 Å². The maximum absolute atomic E-state index is 10.1. The zero-order chi connectivity index (χ0) is 9.68.